The summed E-state index contributed by atoms with van der Waals surface area (Å²) in [7, 11) is 2.06. The van der Waals surface area contributed by atoms with Crippen LogP contribution in [0.15, 0.2) is 0 Å². The second-order valence-electron chi connectivity index (χ2n) is 5.32. The second kappa shape index (κ2) is 5.83. The van der Waals surface area contributed by atoms with E-state index in [0.29, 0.717) is 24.7 Å². The zero-order valence-electron chi connectivity index (χ0n) is 11.0. The lowest BCUT2D eigenvalue weighted by atomic mass is 9.82. The van der Waals surface area contributed by atoms with Gasteiger partial charge in [-0.25, -0.2) is 0 Å². The van der Waals surface area contributed by atoms with Crippen molar-refractivity contribution in [3.05, 3.63) is 0 Å². The zero-order chi connectivity index (χ0) is 12.3. The van der Waals surface area contributed by atoms with Gasteiger partial charge in [0.05, 0.1) is 6.54 Å². The Labute approximate surface area is 104 Å². The second-order valence-corrected chi connectivity index (χ2v) is 5.32. The Hall–Kier alpha value is -0.610. The smallest absolute Gasteiger partial charge is 0.234 e. The van der Waals surface area contributed by atoms with E-state index < -0.39 is 0 Å². The Morgan fingerprint density at radius 3 is 2.47 bits per heavy atom. The fourth-order valence-corrected chi connectivity index (χ4v) is 3.39. The summed E-state index contributed by atoms with van der Waals surface area (Å²) in [6.45, 7) is 3.31. The molecule has 2 heterocycles. The fourth-order valence-electron chi connectivity index (χ4n) is 3.39. The van der Waals surface area contributed by atoms with E-state index in [4.69, 9.17) is 0 Å². The van der Waals surface area contributed by atoms with Crippen LogP contribution in [-0.2, 0) is 4.79 Å². The van der Waals surface area contributed by atoms with Crippen LogP contribution in [0.25, 0.3) is 0 Å². The third-order valence-corrected chi connectivity index (χ3v) is 4.23. The summed E-state index contributed by atoms with van der Waals surface area (Å²) in [4.78, 5) is 14.2. The molecule has 0 aromatic heterocycles. The van der Waals surface area contributed by atoms with E-state index in [2.05, 4.69) is 22.6 Å². The molecule has 1 unspecified atom stereocenters. The first-order chi connectivity index (χ1) is 8.24. The molecule has 0 radical (unpaired) electrons. The molecule has 0 aromatic carbocycles. The Morgan fingerprint density at radius 2 is 1.94 bits per heavy atom. The van der Waals surface area contributed by atoms with Crippen LogP contribution in [0.1, 0.15) is 39.0 Å². The van der Waals surface area contributed by atoms with Crippen molar-refractivity contribution in [2.75, 3.05) is 20.1 Å². The topological polar surface area (TPSA) is 44.4 Å². The third kappa shape index (κ3) is 2.99. The predicted octanol–water partition coefficient (Wildman–Crippen LogP) is 0.727. The molecule has 2 aliphatic rings. The van der Waals surface area contributed by atoms with Gasteiger partial charge in [0.25, 0.3) is 0 Å². The molecule has 98 valence electrons. The van der Waals surface area contributed by atoms with Crippen molar-refractivity contribution in [3.63, 3.8) is 0 Å². The van der Waals surface area contributed by atoms with Crippen LogP contribution in [0.2, 0.25) is 0 Å². The van der Waals surface area contributed by atoms with Gasteiger partial charge >= 0.3 is 0 Å². The maximum absolute atomic E-state index is 11.7. The van der Waals surface area contributed by atoms with E-state index >= 15 is 0 Å². The van der Waals surface area contributed by atoms with Gasteiger partial charge in [-0.05, 0) is 39.7 Å². The number of piperidine rings is 2. The highest BCUT2D eigenvalue weighted by Gasteiger charge is 2.38. The molecule has 0 aromatic rings. The molecule has 1 amide bonds. The zero-order valence-corrected chi connectivity index (χ0v) is 11.0. The van der Waals surface area contributed by atoms with E-state index in [1.165, 1.54) is 32.1 Å². The number of carbonyl (C=O) groups excluding carboxylic acids is 1. The van der Waals surface area contributed by atoms with Crippen molar-refractivity contribution in [2.45, 2.75) is 57.2 Å². The van der Waals surface area contributed by atoms with E-state index in [1.807, 2.05) is 6.92 Å². The molecule has 2 aliphatic heterocycles. The number of hydrogen-bond donors (Lipinski definition) is 2. The van der Waals surface area contributed by atoms with Gasteiger partial charge < -0.3 is 10.6 Å². The number of nitrogens with one attached hydrogen (secondary N) is 2. The van der Waals surface area contributed by atoms with Gasteiger partial charge in [0.2, 0.25) is 5.91 Å². The molecule has 4 nitrogen and oxygen atoms in total. The Bertz CT molecular complexity index is 255. The van der Waals surface area contributed by atoms with Gasteiger partial charge in [0.15, 0.2) is 0 Å². The van der Waals surface area contributed by atoms with Crippen LogP contribution in [0, 0.1) is 0 Å². The lowest BCUT2D eigenvalue weighted by Crippen LogP contribution is -2.58. The first kappa shape index (κ1) is 12.8. The summed E-state index contributed by atoms with van der Waals surface area (Å²) in [6, 6.07) is 1.88. The van der Waals surface area contributed by atoms with E-state index in [1.54, 1.807) is 0 Å². The molecular weight excluding hydrogens is 214 g/mol. The van der Waals surface area contributed by atoms with Crippen LogP contribution in [0.3, 0.4) is 0 Å². The molecule has 2 fully saturated rings. The highest BCUT2D eigenvalue weighted by molar-refractivity contribution is 5.78. The van der Waals surface area contributed by atoms with Crippen LogP contribution in [0.4, 0.5) is 0 Å². The lowest BCUT2D eigenvalue weighted by Gasteiger charge is -2.48. The fraction of sp³-hybridized carbons (Fsp3) is 0.923. The SMILES string of the molecule is CCNC(=O)CN1[C@@H]2CCC[C@H]1CC(NC)C2. The molecule has 2 saturated heterocycles. The highest BCUT2D eigenvalue weighted by Crippen LogP contribution is 2.33. The van der Waals surface area contributed by atoms with Crippen molar-refractivity contribution in [1.82, 2.24) is 15.5 Å². The van der Waals surface area contributed by atoms with Crippen molar-refractivity contribution in [3.8, 4) is 0 Å². The molecule has 0 spiro atoms. The molecule has 2 rings (SSSR count). The number of rotatable bonds is 4. The maximum Gasteiger partial charge on any atom is 0.234 e. The maximum atomic E-state index is 11.7. The first-order valence-corrected chi connectivity index (χ1v) is 6.94. The van der Waals surface area contributed by atoms with Gasteiger partial charge in [-0.3, -0.25) is 9.69 Å². The minimum atomic E-state index is 0.187. The van der Waals surface area contributed by atoms with Crippen LogP contribution in [0.5, 0.6) is 0 Å². The Morgan fingerprint density at radius 1 is 1.29 bits per heavy atom. The van der Waals surface area contributed by atoms with E-state index in [-0.39, 0.29) is 5.91 Å². The third-order valence-electron chi connectivity index (χ3n) is 4.23. The van der Waals surface area contributed by atoms with Crippen LogP contribution in [-0.4, -0.2) is 49.1 Å². The number of fused-ring (bicyclic) bond motifs is 2. The standard InChI is InChI=1S/C13H25N3O/c1-3-15-13(17)9-16-11-5-4-6-12(16)8-10(7-11)14-2/h10-12,14H,3-9H2,1-2H3,(H,15,17)/t10?,11-,12+. The highest BCUT2D eigenvalue weighted by atomic mass is 16.2. The van der Waals surface area contributed by atoms with Gasteiger partial charge in [0, 0.05) is 24.7 Å². The minimum Gasteiger partial charge on any atom is -0.355 e. The Kier molecular flexibility index (Phi) is 4.40. The largest absolute Gasteiger partial charge is 0.355 e. The Balaban J connectivity index is 1.95. The number of amides is 1. The summed E-state index contributed by atoms with van der Waals surface area (Å²) < 4.78 is 0. The van der Waals surface area contributed by atoms with Gasteiger partial charge in [-0.15, -0.1) is 0 Å². The number of likely N-dealkylation sites (N-methyl/N-ethyl adjacent to an activating group) is 1. The first-order valence-electron chi connectivity index (χ1n) is 6.94. The van der Waals surface area contributed by atoms with Gasteiger partial charge in [-0.1, -0.05) is 6.42 Å². The van der Waals surface area contributed by atoms with Gasteiger partial charge in [0.1, 0.15) is 0 Å². The van der Waals surface area contributed by atoms with Crippen molar-refractivity contribution in [1.29, 1.82) is 0 Å². The normalized spacial score (nSPS) is 33.4. The van der Waals surface area contributed by atoms with E-state index in [0.717, 1.165) is 6.54 Å². The average molecular weight is 239 g/mol. The quantitative estimate of drug-likeness (QED) is 0.760. The van der Waals surface area contributed by atoms with Crippen LogP contribution < -0.4 is 10.6 Å². The lowest BCUT2D eigenvalue weighted by molar-refractivity contribution is -0.125. The summed E-state index contributed by atoms with van der Waals surface area (Å²) >= 11 is 0. The van der Waals surface area contributed by atoms with Crippen molar-refractivity contribution >= 4 is 5.91 Å². The number of nitrogens with zero attached hydrogens (tertiary/aromatic N) is 1. The summed E-state index contributed by atoms with van der Waals surface area (Å²) in [6.07, 6.45) is 6.25. The number of hydrogen-bond acceptors (Lipinski definition) is 3. The molecule has 2 N–H and O–H groups in total. The van der Waals surface area contributed by atoms with Crippen LogP contribution >= 0.6 is 0 Å². The molecular formula is C13H25N3O. The monoisotopic (exact) mass is 239 g/mol. The van der Waals surface area contributed by atoms with E-state index in [9.17, 15) is 4.79 Å². The molecule has 2 bridgehead atoms. The molecule has 3 atom stereocenters. The summed E-state index contributed by atoms with van der Waals surface area (Å²) in [5.74, 6) is 0.187. The van der Waals surface area contributed by atoms with Crippen molar-refractivity contribution < 1.29 is 4.79 Å². The number of carbonyl (C=O) groups is 1. The minimum absolute atomic E-state index is 0.187. The molecule has 4 heteroatoms. The average Bonchev–Trinajstić information content (AvgIpc) is 2.28. The van der Waals surface area contributed by atoms with Gasteiger partial charge in [-0.2, -0.15) is 0 Å². The summed E-state index contributed by atoms with van der Waals surface area (Å²) in [5, 5.41) is 6.32. The molecule has 0 aliphatic carbocycles. The molecule has 0 saturated carbocycles. The predicted molar refractivity (Wildman–Crippen MR) is 68.9 cm³/mol. The van der Waals surface area contributed by atoms with Crippen molar-refractivity contribution in [2.24, 2.45) is 0 Å². The summed E-state index contributed by atoms with van der Waals surface area (Å²) in [5.41, 5.74) is 0. The molecule has 17 heavy (non-hydrogen) atoms.